The minimum Gasteiger partial charge on any atom is -0.352 e. The monoisotopic (exact) mass is 375 g/mol. The molecule has 1 heterocycles. The van der Waals surface area contributed by atoms with E-state index in [1.54, 1.807) is 12.1 Å². The SMILES string of the molecule is Cc1c(NC(=O)NC[C@H]2CN(C)CCN2C)cccc1C(=O)NCC(C)C. The summed E-state index contributed by atoms with van der Waals surface area (Å²) < 4.78 is 0. The van der Waals surface area contributed by atoms with Crippen LogP contribution in [-0.4, -0.2) is 74.6 Å². The van der Waals surface area contributed by atoms with Gasteiger partial charge < -0.3 is 20.9 Å². The molecule has 0 aliphatic carbocycles. The van der Waals surface area contributed by atoms with Gasteiger partial charge in [0.25, 0.3) is 5.91 Å². The number of amides is 3. The smallest absolute Gasteiger partial charge is 0.319 e. The summed E-state index contributed by atoms with van der Waals surface area (Å²) in [5.41, 5.74) is 2.00. The van der Waals surface area contributed by atoms with E-state index in [0.29, 0.717) is 36.3 Å². The molecule has 1 saturated heterocycles. The van der Waals surface area contributed by atoms with Gasteiger partial charge in [-0.1, -0.05) is 19.9 Å². The number of likely N-dealkylation sites (N-methyl/N-ethyl adjacent to an activating group) is 2. The zero-order valence-corrected chi connectivity index (χ0v) is 17.1. The highest BCUT2D eigenvalue weighted by Crippen LogP contribution is 2.19. The van der Waals surface area contributed by atoms with Gasteiger partial charge in [0.15, 0.2) is 0 Å². The molecule has 27 heavy (non-hydrogen) atoms. The lowest BCUT2D eigenvalue weighted by molar-refractivity contribution is 0.0948. The molecule has 0 unspecified atom stereocenters. The first-order valence-electron chi connectivity index (χ1n) is 9.59. The van der Waals surface area contributed by atoms with Gasteiger partial charge in [-0.15, -0.1) is 0 Å². The molecule has 1 aliphatic rings. The minimum atomic E-state index is -0.250. The van der Waals surface area contributed by atoms with E-state index in [9.17, 15) is 9.59 Å². The van der Waals surface area contributed by atoms with E-state index in [4.69, 9.17) is 0 Å². The fourth-order valence-corrected chi connectivity index (χ4v) is 3.11. The second kappa shape index (κ2) is 9.71. The van der Waals surface area contributed by atoms with Crippen molar-refractivity contribution < 1.29 is 9.59 Å². The molecule has 150 valence electrons. The van der Waals surface area contributed by atoms with Gasteiger partial charge in [0.2, 0.25) is 0 Å². The van der Waals surface area contributed by atoms with Crippen LogP contribution < -0.4 is 16.0 Å². The Labute approximate surface area is 162 Å². The summed E-state index contributed by atoms with van der Waals surface area (Å²) in [4.78, 5) is 29.2. The fraction of sp³-hybridized carbons (Fsp3) is 0.600. The maximum absolute atomic E-state index is 12.4. The number of urea groups is 1. The van der Waals surface area contributed by atoms with E-state index in [1.165, 1.54) is 0 Å². The van der Waals surface area contributed by atoms with Gasteiger partial charge in [0, 0.05) is 50.0 Å². The summed E-state index contributed by atoms with van der Waals surface area (Å²) in [6.45, 7) is 10.1. The molecule has 1 atom stereocenters. The number of carbonyl (C=O) groups excluding carboxylic acids is 2. The van der Waals surface area contributed by atoms with E-state index >= 15 is 0 Å². The van der Waals surface area contributed by atoms with Crippen LogP contribution in [-0.2, 0) is 0 Å². The van der Waals surface area contributed by atoms with Crippen molar-refractivity contribution in [3.8, 4) is 0 Å². The average molecular weight is 376 g/mol. The van der Waals surface area contributed by atoms with Crippen LogP contribution in [0.2, 0.25) is 0 Å². The minimum absolute atomic E-state index is 0.114. The lowest BCUT2D eigenvalue weighted by Gasteiger charge is -2.37. The molecule has 1 aromatic carbocycles. The summed E-state index contributed by atoms with van der Waals surface area (Å²) in [6.07, 6.45) is 0. The normalized spacial score (nSPS) is 18.4. The van der Waals surface area contributed by atoms with Gasteiger partial charge in [-0.2, -0.15) is 0 Å². The van der Waals surface area contributed by atoms with Gasteiger partial charge in [-0.25, -0.2) is 4.79 Å². The molecular weight excluding hydrogens is 342 g/mol. The molecule has 7 heteroatoms. The number of piperazine rings is 1. The lowest BCUT2D eigenvalue weighted by atomic mass is 10.1. The summed E-state index contributed by atoms with van der Waals surface area (Å²) in [6, 6.07) is 5.43. The summed E-state index contributed by atoms with van der Waals surface area (Å²) in [7, 11) is 4.18. The third-order valence-electron chi connectivity index (χ3n) is 4.98. The van der Waals surface area contributed by atoms with Crippen molar-refractivity contribution in [3.05, 3.63) is 29.3 Å². The molecule has 0 bridgehead atoms. The predicted octanol–water partition coefficient (Wildman–Crippen LogP) is 1.75. The highest BCUT2D eigenvalue weighted by molar-refractivity contribution is 5.99. The van der Waals surface area contributed by atoms with Gasteiger partial charge >= 0.3 is 6.03 Å². The number of nitrogens with one attached hydrogen (secondary N) is 3. The maximum Gasteiger partial charge on any atom is 0.319 e. The Bertz CT molecular complexity index is 662. The van der Waals surface area contributed by atoms with Crippen LogP contribution in [0.15, 0.2) is 18.2 Å². The molecule has 3 amide bonds. The zero-order valence-electron chi connectivity index (χ0n) is 17.1. The molecule has 1 aromatic rings. The number of benzene rings is 1. The first-order valence-corrected chi connectivity index (χ1v) is 9.59. The highest BCUT2D eigenvalue weighted by atomic mass is 16.2. The van der Waals surface area contributed by atoms with Crippen LogP contribution in [0.4, 0.5) is 10.5 Å². The Morgan fingerprint density at radius 3 is 2.63 bits per heavy atom. The number of rotatable bonds is 6. The van der Waals surface area contributed by atoms with E-state index in [0.717, 1.165) is 25.2 Å². The van der Waals surface area contributed by atoms with Crippen molar-refractivity contribution in [2.45, 2.75) is 26.8 Å². The topological polar surface area (TPSA) is 76.7 Å². The van der Waals surface area contributed by atoms with Crippen LogP contribution in [0, 0.1) is 12.8 Å². The van der Waals surface area contributed by atoms with Crippen molar-refractivity contribution >= 4 is 17.6 Å². The molecule has 1 fully saturated rings. The van der Waals surface area contributed by atoms with Crippen molar-refractivity contribution in [2.24, 2.45) is 5.92 Å². The lowest BCUT2D eigenvalue weighted by Crippen LogP contribution is -2.54. The molecule has 0 aromatic heterocycles. The van der Waals surface area contributed by atoms with Gasteiger partial charge in [0.05, 0.1) is 0 Å². The van der Waals surface area contributed by atoms with Gasteiger partial charge in [-0.3, -0.25) is 9.69 Å². The Morgan fingerprint density at radius 1 is 1.19 bits per heavy atom. The number of hydrogen-bond acceptors (Lipinski definition) is 4. The number of carbonyl (C=O) groups is 2. The van der Waals surface area contributed by atoms with E-state index in [1.807, 2.05) is 13.0 Å². The highest BCUT2D eigenvalue weighted by Gasteiger charge is 2.22. The first kappa shape index (κ1) is 21.2. The van der Waals surface area contributed by atoms with Crippen molar-refractivity contribution in [1.29, 1.82) is 0 Å². The molecule has 1 aliphatic heterocycles. The maximum atomic E-state index is 12.4. The van der Waals surface area contributed by atoms with Crippen LogP contribution in [0.5, 0.6) is 0 Å². The zero-order chi connectivity index (χ0) is 20.0. The molecule has 3 N–H and O–H groups in total. The van der Waals surface area contributed by atoms with E-state index in [2.05, 4.69) is 53.7 Å². The Kier molecular flexibility index (Phi) is 7.62. The van der Waals surface area contributed by atoms with Crippen molar-refractivity contribution in [1.82, 2.24) is 20.4 Å². The van der Waals surface area contributed by atoms with Crippen LogP contribution in [0.25, 0.3) is 0 Å². The largest absolute Gasteiger partial charge is 0.352 e. The third-order valence-corrected chi connectivity index (χ3v) is 4.98. The standard InChI is InChI=1S/C20H33N5O2/c1-14(2)11-21-19(26)17-7-6-8-18(15(17)3)23-20(27)22-12-16-13-24(4)9-10-25(16)5/h6-8,14,16H,9-13H2,1-5H3,(H,21,26)(H2,22,23,27)/t16-/m0/s1. The quantitative estimate of drug-likeness (QED) is 0.708. The number of hydrogen-bond donors (Lipinski definition) is 3. The van der Waals surface area contributed by atoms with Crippen LogP contribution >= 0.6 is 0 Å². The molecule has 0 spiro atoms. The van der Waals surface area contributed by atoms with Gasteiger partial charge in [0.1, 0.15) is 0 Å². The average Bonchev–Trinajstić information content (AvgIpc) is 2.62. The second-order valence-electron chi connectivity index (χ2n) is 7.81. The fourth-order valence-electron chi connectivity index (χ4n) is 3.11. The predicted molar refractivity (Wildman–Crippen MR) is 109 cm³/mol. The Morgan fingerprint density at radius 2 is 1.93 bits per heavy atom. The van der Waals surface area contributed by atoms with Crippen LogP contribution in [0.1, 0.15) is 29.8 Å². The summed E-state index contributed by atoms with van der Waals surface area (Å²) in [5.74, 6) is 0.274. The molecule has 0 saturated carbocycles. The van der Waals surface area contributed by atoms with E-state index in [-0.39, 0.29) is 11.9 Å². The molecule has 0 radical (unpaired) electrons. The summed E-state index contributed by atoms with van der Waals surface area (Å²) in [5, 5.41) is 8.74. The second-order valence-corrected chi connectivity index (χ2v) is 7.81. The van der Waals surface area contributed by atoms with E-state index < -0.39 is 0 Å². The third kappa shape index (κ3) is 6.22. The van der Waals surface area contributed by atoms with Crippen molar-refractivity contribution in [3.63, 3.8) is 0 Å². The first-order chi connectivity index (χ1) is 12.8. The van der Waals surface area contributed by atoms with Crippen molar-refractivity contribution in [2.75, 3.05) is 52.1 Å². The Hall–Kier alpha value is -2.12. The molecule has 2 rings (SSSR count). The van der Waals surface area contributed by atoms with Gasteiger partial charge in [-0.05, 0) is 44.6 Å². The number of anilines is 1. The van der Waals surface area contributed by atoms with Crippen LogP contribution in [0.3, 0.4) is 0 Å². The molecular formula is C20H33N5O2. The Balaban J connectivity index is 1.93. The molecule has 7 nitrogen and oxygen atoms in total. The summed E-state index contributed by atoms with van der Waals surface area (Å²) >= 11 is 0. The number of nitrogens with zero attached hydrogens (tertiary/aromatic N) is 2.